The molecule has 0 bridgehead atoms. The number of hydrogen-bond acceptors (Lipinski definition) is 8. The standard InChI is InChI=1S/C24H21F3N6O3S/c1-36-24-20(32-37(34,35)21-3-2-16(25)11-18(21)26)10-15(12-29-24)14-8-17-22(19(27)9-14)30-13-31-23(17)33-6-4-28-5-7-33/h2-3,8-13,28,32H,4-7H2,1H3. The lowest BCUT2D eigenvalue weighted by atomic mass is 10.0. The van der Waals surface area contributed by atoms with Crippen LogP contribution >= 0.6 is 0 Å². The maximum absolute atomic E-state index is 15.1. The van der Waals surface area contributed by atoms with Gasteiger partial charge in [0.15, 0.2) is 0 Å². The molecule has 0 saturated carbocycles. The minimum absolute atomic E-state index is 0.0963. The third-order valence-corrected chi connectivity index (χ3v) is 7.29. The molecule has 37 heavy (non-hydrogen) atoms. The van der Waals surface area contributed by atoms with Gasteiger partial charge in [-0.1, -0.05) is 0 Å². The Balaban J connectivity index is 1.58. The molecule has 5 rings (SSSR count). The first kappa shape index (κ1) is 24.7. The molecule has 1 saturated heterocycles. The fraction of sp³-hybridized carbons (Fsp3) is 0.208. The summed E-state index contributed by atoms with van der Waals surface area (Å²) in [4.78, 5) is 13.9. The summed E-state index contributed by atoms with van der Waals surface area (Å²) in [5, 5.41) is 3.75. The van der Waals surface area contributed by atoms with Crippen molar-refractivity contribution in [2.24, 2.45) is 0 Å². The van der Waals surface area contributed by atoms with E-state index in [0.717, 1.165) is 25.2 Å². The highest BCUT2D eigenvalue weighted by molar-refractivity contribution is 7.92. The van der Waals surface area contributed by atoms with Crippen LogP contribution in [-0.2, 0) is 10.0 Å². The number of pyridine rings is 1. The highest BCUT2D eigenvalue weighted by atomic mass is 32.2. The van der Waals surface area contributed by atoms with Crippen molar-refractivity contribution < 1.29 is 26.3 Å². The van der Waals surface area contributed by atoms with Crippen molar-refractivity contribution in [1.29, 1.82) is 0 Å². The Hall–Kier alpha value is -3.97. The summed E-state index contributed by atoms with van der Waals surface area (Å²) in [6.45, 7) is 2.89. The van der Waals surface area contributed by atoms with E-state index in [1.165, 1.54) is 31.8 Å². The Morgan fingerprint density at radius 2 is 1.76 bits per heavy atom. The first-order valence-corrected chi connectivity index (χ1v) is 12.7. The van der Waals surface area contributed by atoms with Crippen LogP contribution < -0.4 is 19.7 Å². The summed E-state index contributed by atoms with van der Waals surface area (Å²) >= 11 is 0. The number of nitrogens with zero attached hydrogens (tertiary/aromatic N) is 4. The zero-order valence-electron chi connectivity index (χ0n) is 19.5. The van der Waals surface area contributed by atoms with Gasteiger partial charge in [-0.25, -0.2) is 36.5 Å². The van der Waals surface area contributed by atoms with Gasteiger partial charge in [-0.2, -0.15) is 0 Å². The van der Waals surface area contributed by atoms with Gasteiger partial charge in [0.2, 0.25) is 5.88 Å². The third-order valence-electron chi connectivity index (χ3n) is 5.89. The van der Waals surface area contributed by atoms with Crippen molar-refractivity contribution >= 4 is 32.4 Å². The number of anilines is 2. The van der Waals surface area contributed by atoms with E-state index in [2.05, 4.69) is 25.0 Å². The molecule has 3 heterocycles. The maximum atomic E-state index is 15.1. The molecule has 192 valence electrons. The molecular formula is C24H21F3N6O3S. The van der Waals surface area contributed by atoms with Crippen LogP contribution in [0.1, 0.15) is 0 Å². The van der Waals surface area contributed by atoms with E-state index in [9.17, 15) is 17.2 Å². The molecule has 9 nitrogen and oxygen atoms in total. The molecule has 2 aromatic heterocycles. The highest BCUT2D eigenvalue weighted by Crippen LogP contribution is 2.34. The van der Waals surface area contributed by atoms with Gasteiger partial charge >= 0.3 is 0 Å². The van der Waals surface area contributed by atoms with E-state index in [-0.39, 0.29) is 17.1 Å². The normalized spacial score (nSPS) is 14.1. The Labute approximate surface area is 210 Å². The van der Waals surface area contributed by atoms with Crippen LogP contribution in [-0.4, -0.2) is 56.7 Å². The fourth-order valence-electron chi connectivity index (χ4n) is 4.15. The summed E-state index contributed by atoms with van der Waals surface area (Å²) in [6, 6.07) is 6.47. The second-order valence-corrected chi connectivity index (χ2v) is 9.90. The lowest BCUT2D eigenvalue weighted by molar-refractivity contribution is 0.400. The quantitative estimate of drug-likeness (QED) is 0.391. The van der Waals surface area contributed by atoms with E-state index < -0.39 is 32.4 Å². The summed E-state index contributed by atoms with van der Waals surface area (Å²) in [5.74, 6) is -2.27. The molecule has 0 radical (unpaired) electrons. The third kappa shape index (κ3) is 4.87. The zero-order chi connectivity index (χ0) is 26.2. The van der Waals surface area contributed by atoms with E-state index in [1.807, 2.05) is 4.90 Å². The average Bonchev–Trinajstić information content (AvgIpc) is 2.88. The number of benzene rings is 2. The van der Waals surface area contributed by atoms with Crippen LogP contribution in [0.3, 0.4) is 0 Å². The Morgan fingerprint density at radius 3 is 2.49 bits per heavy atom. The lowest BCUT2D eigenvalue weighted by Gasteiger charge is -2.29. The van der Waals surface area contributed by atoms with Crippen molar-refractivity contribution in [3.05, 3.63) is 66.4 Å². The molecule has 2 N–H and O–H groups in total. The van der Waals surface area contributed by atoms with E-state index in [0.29, 0.717) is 41.5 Å². The minimum Gasteiger partial charge on any atom is -0.480 e. The number of methoxy groups -OCH3 is 1. The largest absolute Gasteiger partial charge is 0.480 e. The number of ether oxygens (including phenoxy) is 1. The van der Waals surface area contributed by atoms with Crippen LogP contribution in [0.4, 0.5) is 24.7 Å². The summed E-state index contributed by atoms with van der Waals surface area (Å²) in [7, 11) is -3.19. The van der Waals surface area contributed by atoms with E-state index >= 15 is 4.39 Å². The first-order valence-electron chi connectivity index (χ1n) is 11.2. The van der Waals surface area contributed by atoms with Gasteiger partial charge in [0.25, 0.3) is 10.0 Å². The Bertz CT molecular complexity index is 1600. The number of fused-ring (bicyclic) bond motifs is 1. The fourth-order valence-corrected chi connectivity index (χ4v) is 5.25. The van der Waals surface area contributed by atoms with Crippen molar-refractivity contribution in [2.75, 3.05) is 42.9 Å². The van der Waals surface area contributed by atoms with Crippen LogP contribution in [0, 0.1) is 17.5 Å². The number of halogens is 3. The molecular weight excluding hydrogens is 509 g/mol. The first-order chi connectivity index (χ1) is 17.8. The van der Waals surface area contributed by atoms with Crippen LogP contribution in [0.5, 0.6) is 5.88 Å². The number of sulfonamides is 1. The molecule has 0 spiro atoms. The predicted molar refractivity (Wildman–Crippen MR) is 132 cm³/mol. The Kier molecular flexibility index (Phi) is 6.56. The van der Waals surface area contributed by atoms with Gasteiger partial charge in [-0.15, -0.1) is 0 Å². The summed E-state index contributed by atoms with van der Waals surface area (Å²) in [5.41, 5.74) is 0.783. The van der Waals surface area contributed by atoms with Crippen LogP contribution in [0.25, 0.3) is 22.0 Å². The van der Waals surface area contributed by atoms with Crippen molar-refractivity contribution in [2.45, 2.75) is 4.90 Å². The lowest BCUT2D eigenvalue weighted by Crippen LogP contribution is -2.44. The highest BCUT2D eigenvalue weighted by Gasteiger charge is 2.23. The molecule has 0 aliphatic carbocycles. The minimum atomic E-state index is -4.47. The van der Waals surface area contributed by atoms with Gasteiger partial charge in [0.1, 0.15) is 45.7 Å². The maximum Gasteiger partial charge on any atom is 0.264 e. The molecule has 13 heteroatoms. The van der Waals surface area contributed by atoms with E-state index in [1.54, 1.807) is 6.07 Å². The number of piperazine rings is 1. The summed E-state index contributed by atoms with van der Waals surface area (Å²) in [6.07, 6.45) is 2.71. The van der Waals surface area contributed by atoms with Crippen molar-refractivity contribution in [3.8, 4) is 17.0 Å². The smallest absolute Gasteiger partial charge is 0.264 e. The second kappa shape index (κ2) is 9.82. The van der Waals surface area contributed by atoms with Crippen LogP contribution in [0.15, 0.2) is 53.8 Å². The molecule has 2 aromatic carbocycles. The molecule has 1 aliphatic rings. The number of nitrogens with one attached hydrogen (secondary N) is 2. The van der Waals surface area contributed by atoms with E-state index in [4.69, 9.17) is 4.74 Å². The number of rotatable bonds is 6. The predicted octanol–water partition coefficient (Wildman–Crippen LogP) is 3.33. The summed E-state index contributed by atoms with van der Waals surface area (Å²) < 4.78 is 75.7. The number of hydrogen-bond donors (Lipinski definition) is 2. The van der Waals surface area contributed by atoms with Crippen LogP contribution in [0.2, 0.25) is 0 Å². The van der Waals surface area contributed by atoms with Gasteiger partial charge in [-0.3, -0.25) is 4.72 Å². The van der Waals surface area contributed by atoms with Gasteiger partial charge in [0, 0.05) is 49.4 Å². The van der Waals surface area contributed by atoms with Gasteiger partial charge in [-0.05, 0) is 35.9 Å². The van der Waals surface area contributed by atoms with Crippen molar-refractivity contribution in [3.63, 3.8) is 0 Å². The van der Waals surface area contributed by atoms with Gasteiger partial charge < -0.3 is 15.0 Å². The molecule has 0 atom stereocenters. The zero-order valence-corrected chi connectivity index (χ0v) is 20.3. The molecule has 1 aliphatic heterocycles. The second-order valence-electron chi connectivity index (χ2n) is 8.25. The average molecular weight is 531 g/mol. The molecule has 0 unspecified atom stereocenters. The molecule has 0 amide bonds. The molecule has 4 aromatic rings. The topological polar surface area (TPSA) is 109 Å². The van der Waals surface area contributed by atoms with Crippen molar-refractivity contribution in [1.82, 2.24) is 20.3 Å². The van der Waals surface area contributed by atoms with Gasteiger partial charge in [0.05, 0.1) is 7.11 Å². The Morgan fingerprint density at radius 1 is 0.973 bits per heavy atom. The monoisotopic (exact) mass is 530 g/mol. The SMILES string of the molecule is COc1ncc(-c2cc(F)c3ncnc(N4CCNCC4)c3c2)cc1NS(=O)(=O)c1ccc(F)cc1F. The number of aromatic nitrogens is 3. The molecule has 1 fully saturated rings.